The molecule has 0 radical (unpaired) electrons. The molecule has 1 aromatic carbocycles. The minimum Gasteiger partial charge on any atom is -0.372 e. The SMILES string of the molecule is CCCNCc1cc(Cl)ccc1N1CCOC(C)(C)C1. The Morgan fingerprint density at radius 2 is 2.20 bits per heavy atom. The second-order valence-electron chi connectivity index (χ2n) is 5.98. The first kappa shape index (κ1) is 15.6. The fourth-order valence-corrected chi connectivity index (χ4v) is 2.82. The van der Waals surface area contributed by atoms with E-state index in [0.717, 1.165) is 44.2 Å². The Morgan fingerprint density at radius 1 is 1.40 bits per heavy atom. The first-order chi connectivity index (χ1) is 9.52. The van der Waals surface area contributed by atoms with Crippen LogP contribution >= 0.6 is 11.6 Å². The molecule has 0 saturated carbocycles. The third-order valence-electron chi connectivity index (χ3n) is 3.55. The van der Waals surface area contributed by atoms with Crippen LogP contribution in [0.5, 0.6) is 0 Å². The minimum absolute atomic E-state index is 0.0913. The van der Waals surface area contributed by atoms with Gasteiger partial charge in [0.05, 0.1) is 12.2 Å². The van der Waals surface area contributed by atoms with E-state index in [1.807, 2.05) is 6.07 Å². The lowest BCUT2D eigenvalue weighted by Crippen LogP contribution is -2.48. The Bertz CT molecular complexity index is 448. The number of hydrogen-bond acceptors (Lipinski definition) is 3. The molecule has 1 heterocycles. The van der Waals surface area contributed by atoms with Crippen LogP contribution in [0.1, 0.15) is 32.8 Å². The van der Waals surface area contributed by atoms with Crippen molar-refractivity contribution in [2.75, 3.05) is 31.1 Å². The van der Waals surface area contributed by atoms with E-state index < -0.39 is 0 Å². The number of benzene rings is 1. The summed E-state index contributed by atoms with van der Waals surface area (Å²) in [5, 5.41) is 4.26. The number of ether oxygens (including phenoxy) is 1. The largest absolute Gasteiger partial charge is 0.372 e. The molecule has 0 atom stereocenters. The van der Waals surface area contributed by atoms with Crippen molar-refractivity contribution in [2.45, 2.75) is 39.3 Å². The van der Waals surface area contributed by atoms with Gasteiger partial charge >= 0.3 is 0 Å². The zero-order valence-electron chi connectivity index (χ0n) is 12.7. The van der Waals surface area contributed by atoms with E-state index in [4.69, 9.17) is 16.3 Å². The van der Waals surface area contributed by atoms with Crippen LogP contribution in [0.15, 0.2) is 18.2 Å². The van der Waals surface area contributed by atoms with Gasteiger partial charge in [0.15, 0.2) is 0 Å². The molecule has 112 valence electrons. The molecule has 0 bridgehead atoms. The van der Waals surface area contributed by atoms with Crippen molar-refractivity contribution in [3.8, 4) is 0 Å². The summed E-state index contributed by atoms with van der Waals surface area (Å²) in [6, 6.07) is 6.18. The number of anilines is 1. The van der Waals surface area contributed by atoms with Gasteiger partial charge in [-0.3, -0.25) is 0 Å². The van der Waals surface area contributed by atoms with Crippen molar-refractivity contribution in [2.24, 2.45) is 0 Å². The topological polar surface area (TPSA) is 24.5 Å². The average molecular weight is 297 g/mol. The summed E-state index contributed by atoms with van der Waals surface area (Å²) >= 11 is 6.15. The van der Waals surface area contributed by atoms with Crippen molar-refractivity contribution >= 4 is 17.3 Å². The highest BCUT2D eigenvalue weighted by Gasteiger charge is 2.28. The third-order valence-corrected chi connectivity index (χ3v) is 3.79. The number of halogens is 1. The fourth-order valence-electron chi connectivity index (χ4n) is 2.63. The molecule has 0 amide bonds. The summed E-state index contributed by atoms with van der Waals surface area (Å²) < 4.78 is 5.80. The summed E-state index contributed by atoms with van der Waals surface area (Å²) in [5.74, 6) is 0. The normalized spacial score (nSPS) is 18.3. The Hall–Kier alpha value is -0.770. The van der Waals surface area contributed by atoms with Crippen LogP contribution in [0.3, 0.4) is 0 Å². The van der Waals surface area contributed by atoms with E-state index in [0.29, 0.717) is 0 Å². The van der Waals surface area contributed by atoms with Crippen molar-refractivity contribution in [3.63, 3.8) is 0 Å². The van der Waals surface area contributed by atoms with Crippen LogP contribution in [-0.2, 0) is 11.3 Å². The van der Waals surface area contributed by atoms with E-state index in [2.05, 4.69) is 43.1 Å². The molecule has 2 rings (SSSR count). The number of rotatable bonds is 5. The molecule has 1 aromatic rings. The van der Waals surface area contributed by atoms with E-state index in [1.54, 1.807) is 0 Å². The van der Waals surface area contributed by atoms with Crippen molar-refractivity contribution in [3.05, 3.63) is 28.8 Å². The molecule has 1 fully saturated rings. The van der Waals surface area contributed by atoms with E-state index in [1.165, 1.54) is 11.3 Å². The maximum absolute atomic E-state index is 6.15. The van der Waals surface area contributed by atoms with Crippen molar-refractivity contribution in [1.29, 1.82) is 0 Å². The molecule has 0 unspecified atom stereocenters. The Morgan fingerprint density at radius 3 is 2.90 bits per heavy atom. The zero-order chi connectivity index (χ0) is 14.6. The van der Waals surface area contributed by atoms with Gasteiger partial charge in [-0.25, -0.2) is 0 Å². The highest BCUT2D eigenvalue weighted by atomic mass is 35.5. The highest BCUT2D eigenvalue weighted by molar-refractivity contribution is 6.30. The number of nitrogens with zero attached hydrogens (tertiary/aromatic N) is 1. The molecule has 4 heteroatoms. The maximum Gasteiger partial charge on any atom is 0.0801 e. The summed E-state index contributed by atoms with van der Waals surface area (Å²) in [6.45, 7) is 11.0. The minimum atomic E-state index is -0.0913. The van der Waals surface area contributed by atoms with Crippen molar-refractivity contribution < 1.29 is 4.74 Å². The highest BCUT2D eigenvalue weighted by Crippen LogP contribution is 2.28. The molecule has 1 N–H and O–H groups in total. The fraction of sp³-hybridized carbons (Fsp3) is 0.625. The van der Waals surface area contributed by atoms with Gasteiger partial charge in [-0.1, -0.05) is 18.5 Å². The Labute approximate surface area is 127 Å². The van der Waals surface area contributed by atoms with Gasteiger partial charge in [-0.05, 0) is 50.6 Å². The number of hydrogen-bond donors (Lipinski definition) is 1. The predicted octanol–water partition coefficient (Wildman–Crippen LogP) is 3.45. The van der Waals surface area contributed by atoms with Gasteiger partial charge in [0.1, 0.15) is 0 Å². The molecule has 0 aromatic heterocycles. The first-order valence-corrected chi connectivity index (χ1v) is 7.78. The molecule has 0 aliphatic carbocycles. The molecule has 3 nitrogen and oxygen atoms in total. The molecular weight excluding hydrogens is 272 g/mol. The monoisotopic (exact) mass is 296 g/mol. The van der Waals surface area contributed by atoms with E-state index >= 15 is 0 Å². The van der Waals surface area contributed by atoms with Crippen LogP contribution in [0.25, 0.3) is 0 Å². The summed E-state index contributed by atoms with van der Waals surface area (Å²) in [7, 11) is 0. The van der Waals surface area contributed by atoms with Crippen LogP contribution in [0.2, 0.25) is 5.02 Å². The second-order valence-corrected chi connectivity index (χ2v) is 6.42. The van der Waals surface area contributed by atoms with E-state index in [9.17, 15) is 0 Å². The number of nitrogens with one attached hydrogen (secondary N) is 1. The predicted molar refractivity (Wildman–Crippen MR) is 85.7 cm³/mol. The molecule has 1 aliphatic rings. The molecule has 20 heavy (non-hydrogen) atoms. The standard InChI is InChI=1S/C16H25ClN2O/c1-4-7-18-11-13-10-14(17)5-6-15(13)19-8-9-20-16(2,3)12-19/h5-6,10,18H,4,7-9,11-12H2,1-3H3. The number of morpholine rings is 1. The quantitative estimate of drug-likeness (QED) is 0.842. The van der Waals surface area contributed by atoms with Gasteiger partial charge in [0.25, 0.3) is 0 Å². The lowest BCUT2D eigenvalue weighted by Gasteiger charge is -2.40. The Balaban J connectivity index is 2.17. The lowest BCUT2D eigenvalue weighted by molar-refractivity contribution is -0.0277. The van der Waals surface area contributed by atoms with Gasteiger partial charge in [0.2, 0.25) is 0 Å². The van der Waals surface area contributed by atoms with Gasteiger partial charge in [-0.2, -0.15) is 0 Å². The third kappa shape index (κ3) is 4.11. The van der Waals surface area contributed by atoms with E-state index in [-0.39, 0.29) is 5.60 Å². The van der Waals surface area contributed by atoms with Crippen LogP contribution in [0, 0.1) is 0 Å². The molecule has 1 aliphatic heterocycles. The lowest BCUT2D eigenvalue weighted by atomic mass is 10.0. The average Bonchev–Trinajstić information content (AvgIpc) is 2.38. The maximum atomic E-state index is 6.15. The first-order valence-electron chi connectivity index (χ1n) is 7.40. The molecule has 0 spiro atoms. The molecule has 1 saturated heterocycles. The van der Waals surface area contributed by atoms with Crippen molar-refractivity contribution in [1.82, 2.24) is 5.32 Å². The molecular formula is C16H25ClN2O. The van der Waals surface area contributed by atoms with Gasteiger partial charge in [-0.15, -0.1) is 0 Å². The Kier molecular flexibility index (Phi) is 5.30. The van der Waals surface area contributed by atoms with Crippen LogP contribution < -0.4 is 10.2 Å². The summed E-state index contributed by atoms with van der Waals surface area (Å²) in [6.07, 6.45) is 1.14. The van der Waals surface area contributed by atoms with Gasteiger partial charge in [0, 0.05) is 30.3 Å². The second kappa shape index (κ2) is 6.79. The van der Waals surface area contributed by atoms with Crippen LogP contribution in [0.4, 0.5) is 5.69 Å². The van der Waals surface area contributed by atoms with Crippen LogP contribution in [-0.4, -0.2) is 31.8 Å². The van der Waals surface area contributed by atoms with Gasteiger partial charge < -0.3 is 15.0 Å². The summed E-state index contributed by atoms with van der Waals surface area (Å²) in [5.41, 5.74) is 2.45. The zero-order valence-corrected chi connectivity index (χ0v) is 13.5. The smallest absolute Gasteiger partial charge is 0.0801 e. The summed E-state index contributed by atoms with van der Waals surface area (Å²) in [4.78, 5) is 2.41.